The van der Waals surface area contributed by atoms with Crippen molar-refractivity contribution in [2.75, 3.05) is 24.6 Å². The molecule has 0 spiro atoms. The molecule has 6 rings (SSSR count). The van der Waals surface area contributed by atoms with E-state index in [1.807, 2.05) is 16.7 Å². The largest absolute Gasteiger partial charge is 0.477 e. The van der Waals surface area contributed by atoms with Gasteiger partial charge in [-0.15, -0.1) is 0 Å². The number of carbonyl (C=O) groups is 1. The molecule has 1 unspecified atom stereocenters. The molecule has 0 amide bonds. The number of hydrogen-bond donors (Lipinski definition) is 1. The Morgan fingerprint density at radius 2 is 1.93 bits per heavy atom. The number of carboxylic acid groups (broad SMARTS) is 1. The number of aromatic nitrogens is 4. The molecule has 2 aliphatic rings. The van der Waals surface area contributed by atoms with Crippen LogP contribution < -0.4 is 9.64 Å². The Morgan fingerprint density at radius 1 is 1.10 bits per heavy atom. The van der Waals surface area contributed by atoms with Crippen LogP contribution in [-0.4, -0.2) is 56.4 Å². The summed E-state index contributed by atoms with van der Waals surface area (Å²) in [6, 6.07) is 12.0. The van der Waals surface area contributed by atoms with Crippen LogP contribution in [0, 0.1) is 11.6 Å². The van der Waals surface area contributed by atoms with Crippen molar-refractivity contribution in [2.24, 2.45) is 0 Å². The van der Waals surface area contributed by atoms with E-state index in [9.17, 15) is 18.7 Å². The normalized spacial score (nSPS) is 17.1. The van der Waals surface area contributed by atoms with Crippen molar-refractivity contribution in [3.05, 3.63) is 82.8 Å². The fraction of sp³-hybridized carbons (Fsp3) is 0.310. The Balaban J connectivity index is 1.15. The molecule has 1 N–H and O–H groups in total. The summed E-state index contributed by atoms with van der Waals surface area (Å²) < 4.78 is 40.4. The summed E-state index contributed by atoms with van der Waals surface area (Å²) in [4.78, 5) is 27.3. The van der Waals surface area contributed by atoms with Crippen molar-refractivity contribution >= 4 is 29.0 Å². The van der Waals surface area contributed by atoms with E-state index in [1.54, 1.807) is 12.1 Å². The molecule has 1 atom stereocenters. The Bertz CT molecular complexity index is 1590. The van der Waals surface area contributed by atoms with Crippen LogP contribution in [0.3, 0.4) is 0 Å². The number of rotatable bonds is 8. The number of fused-ring (bicyclic) bond motifs is 1. The zero-order chi connectivity index (χ0) is 27.6. The Morgan fingerprint density at radius 3 is 2.65 bits per heavy atom. The van der Waals surface area contributed by atoms with Gasteiger partial charge < -0.3 is 24.0 Å². The van der Waals surface area contributed by atoms with E-state index in [1.165, 1.54) is 23.8 Å². The number of anilines is 1. The summed E-state index contributed by atoms with van der Waals surface area (Å²) in [6.45, 7) is 2.72. The monoisotopic (exact) mass is 547 g/mol. The molecule has 2 aliphatic heterocycles. The van der Waals surface area contributed by atoms with E-state index in [4.69, 9.17) is 14.5 Å². The Hall–Kier alpha value is -4.38. The van der Waals surface area contributed by atoms with E-state index in [2.05, 4.69) is 20.9 Å². The summed E-state index contributed by atoms with van der Waals surface area (Å²) in [5.74, 6) is -0.497. The van der Waals surface area contributed by atoms with Crippen molar-refractivity contribution < 1.29 is 28.2 Å². The first kappa shape index (κ1) is 25.9. The van der Waals surface area contributed by atoms with E-state index < -0.39 is 17.6 Å². The first-order valence-electron chi connectivity index (χ1n) is 13.1. The molecule has 0 radical (unpaired) electrons. The number of halogens is 2. The number of imidazole rings is 1. The lowest BCUT2D eigenvalue weighted by atomic mass is 10.0. The second kappa shape index (κ2) is 11.0. The molecule has 2 saturated heterocycles. The smallest absolute Gasteiger partial charge is 0.354 e. The molecule has 0 saturated carbocycles. The fourth-order valence-corrected chi connectivity index (χ4v) is 4.86. The van der Waals surface area contributed by atoms with Gasteiger partial charge in [-0.05, 0) is 55.7 Å². The van der Waals surface area contributed by atoms with E-state index >= 15 is 0 Å². The maximum absolute atomic E-state index is 13.9. The van der Waals surface area contributed by atoms with Gasteiger partial charge in [0.05, 0.1) is 12.6 Å². The van der Waals surface area contributed by atoms with Crippen LogP contribution in [0.2, 0.25) is 0 Å². The Labute approximate surface area is 228 Å². The summed E-state index contributed by atoms with van der Waals surface area (Å²) in [5, 5.41) is 9.41. The zero-order valence-electron chi connectivity index (χ0n) is 21.6. The van der Waals surface area contributed by atoms with Gasteiger partial charge in [0.15, 0.2) is 11.3 Å². The maximum Gasteiger partial charge on any atom is 0.354 e. The van der Waals surface area contributed by atoms with Crippen molar-refractivity contribution in [1.82, 2.24) is 19.5 Å². The highest BCUT2D eigenvalue weighted by molar-refractivity contribution is 5.88. The highest BCUT2D eigenvalue weighted by Crippen LogP contribution is 2.27. The molecule has 1 aromatic carbocycles. The second-order valence-corrected chi connectivity index (χ2v) is 9.85. The molecular formula is C29H27F2N5O4. The molecule has 40 heavy (non-hydrogen) atoms. The zero-order valence-corrected chi connectivity index (χ0v) is 21.6. The van der Waals surface area contributed by atoms with Gasteiger partial charge in [-0.25, -0.2) is 23.5 Å². The summed E-state index contributed by atoms with van der Waals surface area (Å²) in [7, 11) is 0. The third kappa shape index (κ3) is 5.50. The number of nitrogens with zero attached hydrogens (tertiary/aromatic N) is 5. The topological polar surface area (TPSA) is 103 Å². The van der Waals surface area contributed by atoms with Crippen LogP contribution in [0.15, 0.2) is 54.1 Å². The van der Waals surface area contributed by atoms with Gasteiger partial charge in [0, 0.05) is 37.4 Å². The minimum Gasteiger partial charge on any atom is -0.477 e. The number of benzene rings is 1. The molecule has 0 bridgehead atoms. The number of ether oxygens (including phenoxy) is 2. The predicted octanol–water partition coefficient (Wildman–Crippen LogP) is 4.85. The molecule has 3 aromatic heterocycles. The number of pyridine rings is 2. The lowest BCUT2D eigenvalue weighted by molar-refractivity contribution is -0.0588. The first-order valence-corrected chi connectivity index (χ1v) is 13.1. The SMILES string of the molecule is O=C(O)c1ccc2nc(C=C3CCN(c4cccc(OCc5ccc(F)cc5F)n4)CC3)n(CC3CCO3)c2n1. The Kier molecular flexibility index (Phi) is 7.12. The quantitative estimate of drug-likeness (QED) is 0.334. The van der Waals surface area contributed by atoms with Crippen LogP contribution in [0.25, 0.3) is 17.2 Å². The van der Waals surface area contributed by atoms with E-state index in [0.717, 1.165) is 56.7 Å². The molecule has 0 aliphatic carbocycles. The third-order valence-electron chi connectivity index (χ3n) is 7.18. The van der Waals surface area contributed by atoms with Crippen molar-refractivity contribution in [3.8, 4) is 5.88 Å². The summed E-state index contributed by atoms with van der Waals surface area (Å²) in [5.41, 5.74) is 2.65. The number of aromatic carboxylic acids is 1. The van der Waals surface area contributed by atoms with Crippen LogP contribution in [-0.2, 0) is 17.9 Å². The minimum absolute atomic E-state index is 0.0165. The van der Waals surface area contributed by atoms with Gasteiger partial charge in [-0.2, -0.15) is 4.98 Å². The van der Waals surface area contributed by atoms with Gasteiger partial charge in [-0.3, -0.25) is 0 Å². The van der Waals surface area contributed by atoms with Crippen LogP contribution in [0.4, 0.5) is 14.6 Å². The van der Waals surface area contributed by atoms with Gasteiger partial charge in [-0.1, -0.05) is 11.6 Å². The van der Waals surface area contributed by atoms with E-state index in [-0.39, 0.29) is 24.0 Å². The summed E-state index contributed by atoms with van der Waals surface area (Å²) >= 11 is 0. The predicted molar refractivity (Wildman–Crippen MR) is 143 cm³/mol. The lowest BCUT2D eigenvalue weighted by Gasteiger charge is -2.30. The maximum atomic E-state index is 13.9. The molecule has 5 heterocycles. The minimum atomic E-state index is -1.08. The standard InChI is InChI=1S/C29H27F2N5O4/c30-20-5-4-19(22(31)15-20)17-40-27-3-1-2-25(34-27)35-11-8-18(9-12-35)14-26-32-23-6-7-24(29(37)38)33-28(23)36(26)16-21-10-13-39-21/h1-7,14-15,21H,8-13,16-17H2,(H,37,38). The molecule has 9 nitrogen and oxygen atoms in total. The molecule has 4 aromatic rings. The van der Waals surface area contributed by atoms with Gasteiger partial charge in [0.1, 0.15) is 35.4 Å². The van der Waals surface area contributed by atoms with Crippen LogP contribution in [0.1, 0.15) is 41.1 Å². The van der Waals surface area contributed by atoms with Crippen molar-refractivity contribution in [2.45, 2.75) is 38.5 Å². The molecular weight excluding hydrogens is 520 g/mol. The van der Waals surface area contributed by atoms with E-state index in [0.29, 0.717) is 23.6 Å². The van der Waals surface area contributed by atoms with Gasteiger partial charge >= 0.3 is 5.97 Å². The average Bonchev–Trinajstić information content (AvgIpc) is 3.26. The highest BCUT2D eigenvalue weighted by atomic mass is 19.1. The summed E-state index contributed by atoms with van der Waals surface area (Å²) in [6.07, 6.45) is 4.67. The highest BCUT2D eigenvalue weighted by Gasteiger charge is 2.23. The average molecular weight is 548 g/mol. The second-order valence-electron chi connectivity index (χ2n) is 9.85. The first-order chi connectivity index (χ1) is 19.4. The third-order valence-corrected chi connectivity index (χ3v) is 7.18. The molecule has 2 fully saturated rings. The van der Waals surface area contributed by atoms with Crippen molar-refractivity contribution in [3.63, 3.8) is 0 Å². The number of carboxylic acids is 1. The van der Waals surface area contributed by atoms with Gasteiger partial charge in [0.2, 0.25) is 5.88 Å². The lowest BCUT2D eigenvalue weighted by Crippen LogP contribution is -2.32. The van der Waals surface area contributed by atoms with Crippen LogP contribution in [0.5, 0.6) is 5.88 Å². The molecule has 206 valence electrons. The number of piperidine rings is 1. The van der Waals surface area contributed by atoms with Gasteiger partial charge in [0.25, 0.3) is 0 Å². The van der Waals surface area contributed by atoms with Crippen LogP contribution >= 0.6 is 0 Å². The number of hydrogen-bond acceptors (Lipinski definition) is 7. The van der Waals surface area contributed by atoms with Crippen molar-refractivity contribution in [1.29, 1.82) is 0 Å². The molecule has 11 heteroatoms. The fourth-order valence-electron chi connectivity index (χ4n) is 4.86.